The van der Waals surface area contributed by atoms with Crippen LogP contribution in [0.4, 0.5) is 17.6 Å². The molecular formula is C21H18F4N4O2. The summed E-state index contributed by atoms with van der Waals surface area (Å²) in [6.45, 7) is 2.18. The first-order chi connectivity index (χ1) is 14.8. The van der Waals surface area contributed by atoms with Crippen molar-refractivity contribution in [1.29, 1.82) is 0 Å². The number of aromatic nitrogens is 2. The van der Waals surface area contributed by atoms with Gasteiger partial charge in [0, 0.05) is 31.7 Å². The van der Waals surface area contributed by atoms with Gasteiger partial charge >= 0.3 is 6.18 Å². The van der Waals surface area contributed by atoms with Crippen molar-refractivity contribution in [3.05, 3.63) is 71.3 Å². The molecule has 3 aromatic rings. The van der Waals surface area contributed by atoms with Crippen LogP contribution in [0.1, 0.15) is 21.7 Å². The van der Waals surface area contributed by atoms with E-state index in [1.54, 1.807) is 11.0 Å². The summed E-state index contributed by atoms with van der Waals surface area (Å²) in [5.41, 5.74) is -0.561. The Balaban J connectivity index is 1.36. The number of nitrogens with zero attached hydrogens (tertiary/aromatic N) is 4. The van der Waals surface area contributed by atoms with E-state index >= 15 is 0 Å². The van der Waals surface area contributed by atoms with Gasteiger partial charge in [-0.1, -0.05) is 23.4 Å². The molecule has 31 heavy (non-hydrogen) atoms. The second-order valence-electron chi connectivity index (χ2n) is 7.14. The van der Waals surface area contributed by atoms with Crippen LogP contribution < -0.4 is 0 Å². The number of halogens is 4. The van der Waals surface area contributed by atoms with Gasteiger partial charge in [-0.25, -0.2) is 4.39 Å². The fourth-order valence-electron chi connectivity index (χ4n) is 3.38. The van der Waals surface area contributed by atoms with E-state index < -0.39 is 17.6 Å². The average molecular weight is 434 g/mol. The van der Waals surface area contributed by atoms with E-state index in [0.717, 1.165) is 12.1 Å². The van der Waals surface area contributed by atoms with E-state index in [9.17, 15) is 22.4 Å². The lowest BCUT2D eigenvalue weighted by Crippen LogP contribution is -2.48. The third-order valence-corrected chi connectivity index (χ3v) is 5.03. The van der Waals surface area contributed by atoms with Gasteiger partial charge in [0.25, 0.3) is 11.8 Å². The van der Waals surface area contributed by atoms with Gasteiger partial charge in [-0.3, -0.25) is 9.69 Å². The highest BCUT2D eigenvalue weighted by atomic mass is 19.4. The van der Waals surface area contributed by atoms with Crippen LogP contribution in [-0.2, 0) is 12.7 Å². The van der Waals surface area contributed by atoms with Gasteiger partial charge in [0.15, 0.2) is 5.82 Å². The zero-order valence-electron chi connectivity index (χ0n) is 16.3. The quantitative estimate of drug-likeness (QED) is 0.584. The summed E-state index contributed by atoms with van der Waals surface area (Å²) in [6.07, 6.45) is -4.46. The lowest BCUT2D eigenvalue weighted by molar-refractivity contribution is -0.137. The summed E-state index contributed by atoms with van der Waals surface area (Å²) in [6, 6.07) is 10.6. The number of carbonyl (C=O) groups is 1. The Hall–Kier alpha value is -3.27. The summed E-state index contributed by atoms with van der Waals surface area (Å²) < 4.78 is 57.7. The van der Waals surface area contributed by atoms with Gasteiger partial charge in [-0.15, -0.1) is 0 Å². The first kappa shape index (κ1) is 21.0. The minimum Gasteiger partial charge on any atom is -0.336 e. The molecule has 0 saturated carbocycles. The van der Waals surface area contributed by atoms with Crippen LogP contribution in [0.3, 0.4) is 0 Å². The Bertz CT molecular complexity index is 1070. The minimum absolute atomic E-state index is 0.00877. The average Bonchev–Trinajstić information content (AvgIpc) is 3.22. The van der Waals surface area contributed by atoms with Crippen LogP contribution in [0, 0.1) is 5.82 Å². The topological polar surface area (TPSA) is 62.5 Å². The molecule has 0 N–H and O–H groups in total. The van der Waals surface area contributed by atoms with E-state index in [0.29, 0.717) is 38.5 Å². The number of benzene rings is 2. The van der Waals surface area contributed by atoms with E-state index in [-0.39, 0.29) is 22.9 Å². The van der Waals surface area contributed by atoms with E-state index in [2.05, 4.69) is 10.1 Å². The largest absolute Gasteiger partial charge is 0.416 e. The predicted molar refractivity (Wildman–Crippen MR) is 102 cm³/mol. The van der Waals surface area contributed by atoms with Crippen molar-refractivity contribution in [1.82, 2.24) is 19.9 Å². The highest BCUT2D eigenvalue weighted by Crippen LogP contribution is 2.31. The molecule has 0 radical (unpaired) electrons. The Morgan fingerprint density at radius 2 is 1.77 bits per heavy atom. The molecule has 2 heterocycles. The summed E-state index contributed by atoms with van der Waals surface area (Å²) >= 11 is 0. The molecular weight excluding hydrogens is 416 g/mol. The third-order valence-electron chi connectivity index (χ3n) is 5.03. The summed E-state index contributed by atoms with van der Waals surface area (Å²) in [5, 5.41) is 3.85. The first-order valence-corrected chi connectivity index (χ1v) is 9.57. The number of rotatable bonds is 4. The molecule has 1 saturated heterocycles. The van der Waals surface area contributed by atoms with Gasteiger partial charge in [-0.2, -0.15) is 18.2 Å². The second kappa shape index (κ2) is 8.46. The standard InChI is InChI=1S/C21H18F4N4O2/c22-17-7-2-1-6-16(17)20(30)29-10-8-28(9-11-29)13-18-26-19(31-27-18)14-4-3-5-15(12-14)21(23,24)25/h1-7,12H,8-11,13H2. The van der Waals surface area contributed by atoms with Crippen molar-refractivity contribution in [2.75, 3.05) is 26.2 Å². The lowest BCUT2D eigenvalue weighted by atomic mass is 10.1. The molecule has 0 spiro atoms. The third kappa shape index (κ3) is 4.74. The zero-order chi connectivity index (χ0) is 22.0. The highest BCUT2D eigenvalue weighted by Gasteiger charge is 2.31. The summed E-state index contributed by atoms with van der Waals surface area (Å²) in [7, 11) is 0. The first-order valence-electron chi connectivity index (χ1n) is 9.57. The van der Waals surface area contributed by atoms with Crippen LogP contribution in [0.5, 0.6) is 0 Å². The van der Waals surface area contributed by atoms with Crippen molar-refractivity contribution in [2.45, 2.75) is 12.7 Å². The van der Waals surface area contributed by atoms with Crippen LogP contribution in [0.2, 0.25) is 0 Å². The number of alkyl halides is 3. The Morgan fingerprint density at radius 3 is 2.48 bits per heavy atom. The van der Waals surface area contributed by atoms with Crippen molar-refractivity contribution in [2.24, 2.45) is 0 Å². The maximum atomic E-state index is 13.8. The Morgan fingerprint density at radius 1 is 1.03 bits per heavy atom. The normalized spacial score (nSPS) is 15.3. The molecule has 0 aliphatic carbocycles. The molecule has 10 heteroatoms. The minimum atomic E-state index is -4.46. The van der Waals surface area contributed by atoms with Crippen LogP contribution in [-0.4, -0.2) is 52.0 Å². The molecule has 0 unspecified atom stereocenters. The number of amides is 1. The van der Waals surface area contributed by atoms with E-state index in [4.69, 9.17) is 4.52 Å². The van der Waals surface area contributed by atoms with Gasteiger partial charge in [0.1, 0.15) is 5.82 Å². The molecule has 1 amide bonds. The number of carbonyl (C=O) groups excluding carboxylic acids is 1. The number of piperazine rings is 1. The maximum absolute atomic E-state index is 13.8. The molecule has 6 nitrogen and oxygen atoms in total. The summed E-state index contributed by atoms with van der Waals surface area (Å²) in [5.74, 6) is -0.566. The predicted octanol–water partition coefficient (Wildman–Crippen LogP) is 3.85. The van der Waals surface area contributed by atoms with Crippen molar-refractivity contribution >= 4 is 5.91 Å². The maximum Gasteiger partial charge on any atom is 0.416 e. The molecule has 1 aromatic heterocycles. The number of hydrogen-bond donors (Lipinski definition) is 0. The van der Waals surface area contributed by atoms with E-state index in [1.807, 2.05) is 4.90 Å². The van der Waals surface area contributed by atoms with Gasteiger partial charge in [0.05, 0.1) is 17.7 Å². The van der Waals surface area contributed by atoms with Crippen molar-refractivity contribution < 1.29 is 26.9 Å². The molecule has 1 fully saturated rings. The smallest absolute Gasteiger partial charge is 0.336 e. The fraction of sp³-hybridized carbons (Fsp3) is 0.286. The van der Waals surface area contributed by atoms with Gasteiger partial charge < -0.3 is 9.42 Å². The zero-order valence-corrected chi connectivity index (χ0v) is 16.3. The lowest BCUT2D eigenvalue weighted by Gasteiger charge is -2.34. The molecule has 2 aromatic carbocycles. The van der Waals surface area contributed by atoms with Crippen molar-refractivity contribution in [3.63, 3.8) is 0 Å². The molecule has 0 bridgehead atoms. The molecule has 1 aliphatic rings. The molecule has 1 aliphatic heterocycles. The van der Waals surface area contributed by atoms with Crippen molar-refractivity contribution in [3.8, 4) is 11.5 Å². The van der Waals surface area contributed by atoms with Crippen LogP contribution in [0.15, 0.2) is 53.1 Å². The molecule has 162 valence electrons. The molecule has 0 atom stereocenters. The van der Waals surface area contributed by atoms with E-state index in [1.165, 1.54) is 30.3 Å². The SMILES string of the molecule is O=C(c1ccccc1F)N1CCN(Cc2noc(-c3cccc(C(F)(F)F)c3)n2)CC1. The fourth-order valence-corrected chi connectivity index (χ4v) is 3.38. The van der Waals surface area contributed by atoms with Gasteiger partial charge in [0.2, 0.25) is 0 Å². The van der Waals surface area contributed by atoms with Gasteiger partial charge in [-0.05, 0) is 30.3 Å². The second-order valence-corrected chi connectivity index (χ2v) is 7.14. The molecule has 4 rings (SSSR count). The summed E-state index contributed by atoms with van der Waals surface area (Å²) in [4.78, 5) is 20.3. The highest BCUT2D eigenvalue weighted by molar-refractivity contribution is 5.94. The van der Waals surface area contributed by atoms with Crippen LogP contribution >= 0.6 is 0 Å². The Labute approximate surface area is 175 Å². The monoisotopic (exact) mass is 434 g/mol. The number of hydrogen-bond acceptors (Lipinski definition) is 5. The Kier molecular flexibility index (Phi) is 5.73. The van der Waals surface area contributed by atoms with Crippen LogP contribution in [0.25, 0.3) is 11.5 Å².